The highest BCUT2D eigenvalue weighted by atomic mass is 16.5. The maximum absolute atomic E-state index is 12.1. The second-order valence-electron chi connectivity index (χ2n) is 6.51. The summed E-state index contributed by atoms with van der Waals surface area (Å²) in [5.41, 5.74) is 3.89. The Morgan fingerprint density at radius 2 is 1.88 bits per heavy atom. The second-order valence-corrected chi connectivity index (χ2v) is 6.51. The number of carbonyl (C=O) groups is 1. The van der Waals surface area contributed by atoms with Crippen LogP contribution in [0.1, 0.15) is 42.4 Å². The van der Waals surface area contributed by atoms with Gasteiger partial charge in [0, 0.05) is 6.54 Å². The molecule has 0 saturated heterocycles. The van der Waals surface area contributed by atoms with E-state index >= 15 is 0 Å². The number of fused-ring (bicyclic) bond motifs is 1. The predicted octanol–water partition coefficient (Wildman–Crippen LogP) is 3.86. The Kier molecular flexibility index (Phi) is 5.52. The number of rotatable bonds is 6. The molecule has 1 N–H and O–H groups in total. The van der Waals surface area contributed by atoms with Crippen LogP contribution in [0.3, 0.4) is 0 Å². The van der Waals surface area contributed by atoms with Crippen LogP contribution < -0.4 is 10.1 Å². The van der Waals surface area contributed by atoms with E-state index in [0.717, 1.165) is 18.6 Å². The maximum Gasteiger partial charge on any atom is 0.257 e. The number of aryl methyl sites for hydroxylation is 1. The van der Waals surface area contributed by atoms with Gasteiger partial charge in [0.25, 0.3) is 5.91 Å². The molecule has 0 spiro atoms. The molecule has 0 heterocycles. The number of carbonyl (C=O) groups excluding carboxylic acids is 1. The number of hydrogen-bond acceptors (Lipinski definition) is 2. The summed E-state index contributed by atoms with van der Waals surface area (Å²) >= 11 is 0. The van der Waals surface area contributed by atoms with E-state index in [1.54, 1.807) is 0 Å². The Hall–Kier alpha value is -2.29. The Balaban J connectivity index is 1.50. The summed E-state index contributed by atoms with van der Waals surface area (Å²) in [5.74, 6) is 1.10. The van der Waals surface area contributed by atoms with Gasteiger partial charge in [-0.15, -0.1) is 0 Å². The average molecular weight is 323 g/mol. The van der Waals surface area contributed by atoms with Crippen molar-refractivity contribution in [3.8, 4) is 5.75 Å². The molecule has 1 atom stereocenters. The zero-order valence-corrected chi connectivity index (χ0v) is 14.3. The number of hydrogen-bond donors (Lipinski definition) is 1. The third kappa shape index (κ3) is 4.16. The lowest BCUT2D eigenvalue weighted by Crippen LogP contribution is -2.32. The van der Waals surface area contributed by atoms with Crippen molar-refractivity contribution in [1.82, 2.24) is 5.32 Å². The lowest BCUT2D eigenvalue weighted by atomic mass is 9.91. The molecule has 0 radical (unpaired) electrons. The van der Waals surface area contributed by atoms with Crippen LogP contribution in [0.2, 0.25) is 0 Å². The Morgan fingerprint density at radius 1 is 1.08 bits per heavy atom. The van der Waals surface area contributed by atoms with E-state index in [9.17, 15) is 4.79 Å². The normalized spacial score (nSPS) is 14.5. The van der Waals surface area contributed by atoms with E-state index in [1.807, 2.05) is 30.3 Å². The highest BCUT2D eigenvalue weighted by Crippen LogP contribution is 2.29. The molecule has 0 saturated carbocycles. The molecule has 3 nitrogen and oxygen atoms in total. The van der Waals surface area contributed by atoms with E-state index in [-0.39, 0.29) is 12.5 Å². The van der Waals surface area contributed by atoms with E-state index in [1.165, 1.54) is 29.5 Å². The minimum Gasteiger partial charge on any atom is -0.483 e. The molecule has 1 aliphatic rings. The van der Waals surface area contributed by atoms with Crippen LogP contribution in [0.15, 0.2) is 48.5 Å². The standard InChI is InChI=1S/C21H25NO2/c1-16(17-8-3-2-4-9-17)14-22-21(23)15-24-20-13-7-11-18-10-5-6-12-19(18)20/h2-4,7-9,11,13,16H,5-6,10,12,14-15H2,1H3,(H,22,23). The molecule has 2 aromatic rings. The molecule has 2 aromatic carbocycles. The first kappa shape index (κ1) is 16.6. The van der Waals surface area contributed by atoms with Gasteiger partial charge in [-0.25, -0.2) is 0 Å². The van der Waals surface area contributed by atoms with Gasteiger partial charge >= 0.3 is 0 Å². The number of amides is 1. The van der Waals surface area contributed by atoms with Crippen LogP contribution in [-0.4, -0.2) is 19.1 Å². The maximum atomic E-state index is 12.1. The van der Waals surface area contributed by atoms with Gasteiger partial charge in [0.1, 0.15) is 5.75 Å². The lowest BCUT2D eigenvalue weighted by Gasteiger charge is -2.19. The molecule has 3 heteroatoms. The van der Waals surface area contributed by atoms with Crippen LogP contribution in [0.4, 0.5) is 0 Å². The minimum absolute atomic E-state index is 0.0637. The molecule has 3 rings (SSSR count). The van der Waals surface area contributed by atoms with Crippen LogP contribution >= 0.6 is 0 Å². The molecule has 0 aromatic heterocycles. The molecule has 0 fully saturated rings. The molecule has 24 heavy (non-hydrogen) atoms. The van der Waals surface area contributed by atoms with Crippen molar-refractivity contribution in [3.63, 3.8) is 0 Å². The molecule has 0 bridgehead atoms. The van der Waals surface area contributed by atoms with Gasteiger partial charge in [-0.05, 0) is 54.4 Å². The van der Waals surface area contributed by atoms with Crippen molar-refractivity contribution < 1.29 is 9.53 Å². The third-order valence-electron chi connectivity index (χ3n) is 4.69. The summed E-state index contributed by atoms with van der Waals surface area (Å²) < 4.78 is 5.79. The molecular formula is C21H25NO2. The zero-order valence-electron chi connectivity index (χ0n) is 14.3. The lowest BCUT2D eigenvalue weighted by molar-refractivity contribution is -0.123. The van der Waals surface area contributed by atoms with Gasteiger partial charge in [0.2, 0.25) is 0 Å². The van der Waals surface area contributed by atoms with E-state index in [2.05, 4.69) is 30.4 Å². The van der Waals surface area contributed by atoms with Crippen molar-refractivity contribution in [2.24, 2.45) is 0 Å². The van der Waals surface area contributed by atoms with Crippen molar-refractivity contribution in [3.05, 3.63) is 65.2 Å². The smallest absolute Gasteiger partial charge is 0.257 e. The highest BCUT2D eigenvalue weighted by Gasteiger charge is 2.15. The van der Waals surface area contributed by atoms with Crippen LogP contribution in [0.25, 0.3) is 0 Å². The molecule has 1 amide bonds. The highest BCUT2D eigenvalue weighted by molar-refractivity contribution is 5.77. The van der Waals surface area contributed by atoms with Gasteiger partial charge in [0.15, 0.2) is 6.61 Å². The minimum atomic E-state index is -0.0637. The van der Waals surface area contributed by atoms with Crippen LogP contribution in [-0.2, 0) is 17.6 Å². The topological polar surface area (TPSA) is 38.3 Å². The summed E-state index contributed by atoms with van der Waals surface area (Å²) in [5, 5.41) is 2.97. The van der Waals surface area contributed by atoms with Crippen molar-refractivity contribution in [1.29, 1.82) is 0 Å². The second kappa shape index (κ2) is 8.00. The van der Waals surface area contributed by atoms with Gasteiger partial charge < -0.3 is 10.1 Å². The summed E-state index contributed by atoms with van der Waals surface area (Å²) in [4.78, 5) is 12.1. The SMILES string of the molecule is CC(CNC(=O)COc1cccc2c1CCCC2)c1ccccc1. The van der Waals surface area contributed by atoms with Crippen molar-refractivity contribution in [2.75, 3.05) is 13.2 Å². The predicted molar refractivity (Wildman–Crippen MR) is 96.4 cm³/mol. The van der Waals surface area contributed by atoms with E-state index in [0.29, 0.717) is 12.5 Å². The Bertz CT molecular complexity index is 681. The number of nitrogens with one attached hydrogen (secondary N) is 1. The zero-order chi connectivity index (χ0) is 16.8. The third-order valence-corrected chi connectivity index (χ3v) is 4.69. The fraction of sp³-hybridized carbons (Fsp3) is 0.381. The first-order chi connectivity index (χ1) is 11.7. The molecule has 0 aliphatic heterocycles. The van der Waals surface area contributed by atoms with Crippen molar-refractivity contribution >= 4 is 5.91 Å². The number of ether oxygens (including phenoxy) is 1. The van der Waals surface area contributed by atoms with Crippen LogP contribution in [0, 0.1) is 0 Å². The summed E-state index contributed by atoms with van der Waals surface area (Å²) in [6.07, 6.45) is 4.62. The molecule has 1 unspecified atom stereocenters. The van der Waals surface area contributed by atoms with Gasteiger partial charge in [-0.3, -0.25) is 4.79 Å². The first-order valence-electron chi connectivity index (χ1n) is 8.79. The molecule has 1 aliphatic carbocycles. The van der Waals surface area contributed by atoms with E-state index in [4.69, 9.17) is 4.74 Å². The molecular weight excluding hydrogens is 298 g/mol. The quantitative estimate of drug-likeness (QED) is 0.876. The first-order valence-corrected chi connectivity index (χ1v) is 8.79. The Morgan fingerprint density at radius 3 is 2.71 bits per heavy atom. The fourth-order valence-electron chi connectivity index (χ4n) is 3.24. The monoisotopic (exact) mass is 323 g/mol. The molecule has 126 valence electrons. The van der Waals surface area contributed by atoms with Crippen molar-refractivity contribution in [2.45, 2.75) is 38.5 Å². The van der Waals surface area contributed by atoms with Gasteiger partial charge in [-0.2, -0.15) is 0 Å². The summed E-state index contributed by atoms with van der Waals surface area (Å²) in [6.45, 7) is 2.82. The Labute approximate surface area is 144 Å². The largest absolute Gasteiger partial charge is 0.483 e. The van der Waals surface area contributed by atoms with E-state index < -0.39 is 0 Å². The fourth-order valence-corrected chi connectivity index (χ4v) is 3.24. The summed E-state index contributed by atoms with van der Waals surface area (Å²) in [6, 6.07) is 16.4. The van der Waals surface area contributed by atoms with Gasteiger partial charge in [-0.1, -0.05) is 49.4 Å². The van der Waals surface area contributed by atoms with Crippen LogP contribution in [0.5, 0.6) is 5.75 Å². The number of benzene rings is 2. The average Bonchev–Trinajstić information content (AvgIpc) is 2.65. The summed E-state index contributed by atoms with van der Waals surface area (Å²) in [7, 11) is 0. The van der Waals surface area contributed by atoms with Gasteiger partial charge in [0.05, 0.1) is 0 Å².